The molecule has 0 radical (unpaired) electrons. The molecule has 0 saturated heterocycles. The lowest BCUT2D eigenvalue weighted by molar-refractivity contribution is 0.588. The number of halogens is 1. The van der Waals surface area contributed by atoms with Crippen LogP contribution in [0.25, 0.3) is 0 Å². The van der Waals surface area contributed by atoms with Crippen LogP contribution >= 0.6 is 22.6 Å². The Balaban J connectivity index is 2.31. The van der Waals surface area contributed by atoms with Crippen molar-refractivity contribution in [2.24, 2.45) is 0 Å². The Kier molecular flexibility index (Phi) is 5.22. The van der Waals surface area contributed by atoms with Crippen LogP contribution in [0.15, 0.2) is 36.4 Å². The minimum Gasteiger partial charge on any atom is -0.313 e. The third kappa shape index (κ3) is 3.61. The van der Waals surface area contributed by atoms with Crippen LogP contribution in [0.5, 0.6) is 0 Å². The normalized spacial score (nSPS) is 12.4. The fourth-order valence-corrected chi connectivity index (χ4v) is 3.46. The molecule has 0 spiro atoms. The molecule has 2 aromatic carbocycles. The average molecular weight is 379 g/mol. The lowest BCUT2D eigenvalue weighted by Gasteiger charge is -2.20. The molecule has 1 nitrogen and oxygen atoms in total. The molecular weight excluding hydrogens is 357 g/mol. The van der Waals surface area contributed by atoms with E-state index in [0.29, 0.717) is 6.04 Å². The standard InChI is InChI=1S/C18H22IN/c1-12-8-13(2)10-15(9-12)11-17(20-4)16-7-5-6-14(3)18(16)19/h5-10,17,20H,11H2,1-4H3. The van der Waals surface area contributed by atoms with Crippen molar-refractivity contribution in [3.05, 3.63) is 67.8 Å². The number of benzene rings is 2. The molecule has 0 bridgehead atoms. The summed E-state index contributed by atoms with van der Waals surface area (Å²) in [6.45, 7) is 6.51. The lowest BCUT2D eigenvalue weighted by atomic mass is 9.96. The van der Waals surface area contributed by atoms with Crippen molar-refractivity contribution in [2.75, 3.05) is 7.05 Å². The minimum absolute atomic E-state index is 0.364. The maximum Gasteiger partial charge on any atom is 0.0369 e. The molecule has 0 heterocycles. The first kappa shape index (κ1) is 15.5. The van der Waals surface area contributed by atoms with Gasteiger partial charge in [-0.25, -0.2) is 0 Å². The topological polar surface area (TPSA) is 12.0 Å². The fourth-order valence-electron chi connectivity index (χ4n) is 2.73. The summed E-state index contributed by atoms with van der Waals surface area (Å²) in [5.41, 5.74) is 6.83. The number of hydrogen-bond donors (Lipinski definition) is 1. The van der Waals surface area contributed by atoms with Gasteiger partial charge in [0.25, 0.3) is 0 Å². The molecule has 0 saturated carbocycles. The quantitative estimate of drug-likeness (QED) is 0.758. The molecule has 1 atom stereocenters. The van der Waals surface area contributed by atoms with Crippen LogP contribution in [0.2, 0.25) is 0 Å². The van der Waals surface area contributed by atoms with Gasteiger partial charge in [-0.1, -0.05) is 47.5 Å². The van der Waals surface area contributed by atoms with Crippen LogP contribution < -0.4 is 5.32 Å². The van der Waals surface area contributed by atoms with Crippen molar-refractivity contribution in [1.29, 1.82) is 0 Å². The van der Waals surface area contributed by atoms with Crippen molar-refractivity contribution in [2.45, 2.75) is 33.2 Å². The summed E-state index contributed by atoms with van der Waals surface area (Å²) in [6.07, 6.45) is 1.03. The summed E-state index contributed by atoms with van der Waals surface area (Å²) < 4.78 is 1.37. The summed E-state index contributed by atoms with van der Waals surface area (Å²) in [4.78, 5) is 0. The van der Waals surface area contributed by atoms with Crippen LogP contribution in [-0.2, 0) is 6.42 Å². The molecule has 1 N–H and O–H groups in total. The fraction of sp³-hybridized carbons (Fsp3) is 0.333. The van der Waals surface area contributed by atoms with E-state index in [2.05, 4.69) is 85.1 Å². The van der Waals surface area contributed by atoms with E-state index >= 15 is 0 Å². The molecule has 1 unspecified atom stereocenters. The molecule has 2 rings (SSSR count). The van der Waals surface area contributed by atoms with Gasteiger partial charge in [-0.2, -0.15) is 0 Å². The highest BCUT2D eigenvalue weighted by Crippen LogP contribution is 2.26. The molecule has 2 heteroatoms. The summed E-state index contributed by atoms with van der Waals surface area (Å²) in [6, 6.07) is 13.7. The summed E-state index contributed by atoms with van der Waals surface area (Å²) in [7, 11) is 2.05. The number of nitrogens with one attached hydrogen (secondary N) is 1. The average Bonchev–Trinajstić information content (AvgIpc) is 2.38. The zero-order valence-corrected chi connectivity index (χ0v) is 14.8. The van der Waals surface area contributed by atoms with E-state index in [9.17, 15) is 0 Å². The van der Waals surface area contributed by atoms with Crippen molar-refractivity contribution in [1.82, 2.24) is 5.32 Å². The number of likely N-dealkylation sites (N-methyl/N-ethyl adjacent to an activating group) is 1. The van der Waals surface area contributed by atoms with Gasteiger partial charge in [-0.15, -0.1) is 0 Å². The second kappa shape index (κ2) is 6.72. The minimum atomic E-state index is 0.364. The van der Waals surface area contributed by atoms with Gasteiger partial charge in [0.1, 0.15) is 0 Å². The molecule has 0 fully saturated rings. The van der Waals surface area contributed by atoms with E-state index in [0.717, 1.165) is 6.42 Å². The van der Waals surface area contributed by atoms with Crippen molar-refractivity contribution in [3.8, 4) is 0 Å². The van der Waals surface area contributed by atoms with E-state index in [4.69, 9.17) is 0 Å². The van der Waals surface area contributed by atoms with Gasteiger partial charge >= 0.3 is 0 Å². The van der Waals surface area contributed by atoms with Crippen molar-refractivity contribution in [3.63, 3.8) is 0 Å². The summed E-state index contributed by atoms with van der Waals surface area (Å²) >= 11 is 2.46. The smallest absolute Gasteiger partial charge is 0.0369 e. The lowest BCUT2D eigenvalue weighted by Crippen LogP contribution is -2.20. The Morgan fingerprint density at radius 1 is 1.05 bits per heavy atom. The Morgan fingerprint density at radius 2 is 1.70 bits per heavy atom. The van der Waals surface area contributed by atoms with E-state index in [1.165, 1.54) is 31.4 Å². The molecule has 0 aliphatic heterocycles. The highest BCUT2D eigenvalue weighted by atomic mass is 127. The Labute approximate surface area is 135 Å². The Hall–Kier alpha value is -0.870. The molecular formula is C18H22IN. The van der Waals surface area contributed by atoms with Gasteiger partial charge in [-0.3, -0.25) is 0 Å². The van der Waals surface area contributed by atoms with Crippen LogP contribution in [-0.4, -0.2) is 7.05 Å². The summed E-state index contributed by atoms with van der Waals surface area (Å²) in [5, 5.41) is 3.47. The molecule has 20 heavy (non-hydrogen) atoms. The van der Waals surface area contributed by atoms with Crippen LogP contribution in [0, 0.1) is 24.3 Å². The van der Waals surface area contributed by atoms with Gasteiger partial charge in [0.05, 0.1) is 0 Å². The first-order valence-corrected chi connectivity index (χ1v) is 8.08. The van der Waals surface area contributed by atoms with Crippen LogP contribution in [0.1, 0.15) is 33.9 Å². The van der Waals surface area contributed by atoms with E-state index in [-0.39, 0.29) is 0 Å². The monoisotopic (exact) mass is 379 g/mol. The van der Waals surface area contributed by atoms with Gasteiger partial charge < -0.3 is 5.32 Å². The third-order valence-corrected chi connectivity index (χ3v) is 5.14. The Bertz CT molecular complexity index is 584. The Morgan fingerprint density at radius 3 is 2.30 bits per heavy atom. The third-order valence-electron chi connectivity index (χ3n) is 3.67. The molecule has 0 aromatic heterocycles. The number of aryl methyl sites for hydroxylation is 3. The maximum atomic E-state index is 3.47. The zero-order chi connectivity index (χ0) is 14.7. The van der Waals surface area contributed by atoms with Crippen LogP contribution in [0.3, 0.4) is 0 Å². The van der Waals surface area contributed by atoms with Gasteiger partial charge in [0.2, 0.25) is 0 Å². The first-order chi connectivity index (χ1) is 9.51. The highest BCUT2D eigenvalue weighted by Gasteiger charge is 2.14. The number of hydrogen-bond acceptors (Lipinski definition) is 1. The highest BCUT2D eigenvalue weighted by molar-refractivity contribution is 14.1. The van der Waals surface area contributed by atoms with Gasteiger partial charge in [0.15, 0.2) is 0 Å². The SMILES string of the molecule is CNC(Cc1cc(C)cc(C)c1)c1cccc(C)c1I. The van der Waals surface area contributed by atoms with Crippen molar-refractivity contribution < 1.29 is 0 Å². The molecule has 2 aromatic rings. The van der Waals surface area contributed by atoms with E-state index in [1.807, 2.05) is 7.05 Å². The van der Waals surface area contributed by atoms with E-state index < -0.39 is 0 Å². The second-order valence-corrected chi connectivity index (χ2v) is 6.60. The van der Waals surface area contributed by atoms with Crippen molar-refractivity contribution >= 4 is 22.6 Å². The van der Waals surface area contributed by atoms with Crippen LogP contribution in [0.4, 0.5) is 0 Å². The second-order valence-electron chi connectivity index (χ2n) is 5.52. The summed E-state index contributed by atoms with van der Waals surface area (Å²) in [5.74, 6) is 0. The molecule has 0 amide bonds. The predicted molar refractivity (Wildman–Crippen MR) is 95.3 cm³/mol. The van der Waals surface area contributed by atoms with Gasteiger partial charge in [-0.05, 0) is 73.5 Å². The zero-order valence-electron chi connectivity index (χ0n) is 12.6. The van der Waals surface area contributed by atoms with Gasteiger partial charge in [0, 0.05) is 9.61 Å². The van der Waals surface area contributed by atoms with E-state index in [1.54, 1.807) is 0 Å². The molecule has 106 valence electrons. The predicted octanol–water partition coefficient (Wildman–Crippen LogP) is 4.72. The number of rotatable bonds is 4. The molecule has 0 aliphatic carbocycles. The molecule has 0 aliphatic rings. The first-order valence-electron chi connectivity index (χ1n) is 7.00. The maximum absolute atomic E-state index is 3.47. The largest absolute Gasteiger partial charge is 0.313 e.